The van der Waals surface area contributed by atoms with Crippen LogP contribution < -0.4 is 5.32 Å². The lowest BCUT2D eigenvalue weighted by Crippen LogP contribution is -2.38. The second-order valence-electron chi connectivity index (χ2n) is 9.05. The van der Waals surface area contributed by atoms with Crippen molar-refractivity contribution in [1.29, 1.82) is 0 Å². The normalized spacial score (nSPS) is 19.8. The highest BCUT2D eigenvalue weighted by Gasteiger charge is 2.22. The van der Waals surface area contributed by atoms with Gasteiger partial charge in [0.2, 0.25) is 0 Å². The monoisotopic (exact) mass is 416 g/mol. The molecule has 2 aromatic heterocycles. The molecule has 31 heavy (non-hydrogen) atoms. The number of nitrogens with one attached hydrogen (secondary N) is 2. The Balaban J connectivity index is 1.31. The van der Waals surface area contributed by atoms with Crippen molar-refractivity contribution in [3.8, 4) is 0 Å². The van der Waals surface area contributed by atoms with Gasteiger partial charge in [-0.2, -0.15) is 5.10 Å². The van der Waals surface area contributed by atoms with E-state index in [2.05, 4.69) is 34.1 Å². The Kier molecular flexibility index (Phi) is 4.98. The summed E-state index contributed by atoms with van der Waals surface area (Å²) in [6.45, 7) is 7.70. The van der Waals surface area contributed by atoms with Crippen molar-refractivity contribution < 1.29 is 4.79 Å². The number of H-pyrrole nitrogens is 1. The molecule has 1 aliphatic heterocycles. The third-order valence-electron chi connectivity index (χ3n) is 6.12. The van der Waals surface area contributed by atoms with Gasteiger partial charge in [0.25, 0.3) is 5.91 Å². The van der Waals surface area contributed by atoms with Gasteiger partial charge in [-0.05, 0) is 54.7 Å². The van der Waals surface area contributed by atoms with E-state index < -0.39 is 0 Å². The molecule has 5 rings (SSSR count). The number of fused-ring (bicyclic) bond motifs is 2. The van der Waals surface area contributed by atoms with Crippen LogP contribution in [0.25, 0.3) is 21.9 Å². The number of aromatic nitrogens is 4. The third-order valence-corrected chi connectivity index (χ3v) is 6.12. The average Bonchev–Trinajstić information content (AvgIpc) is 3.29. The van der Waals surface area contributed by atoms with Gasteiger partial charge in [0.05, 0.1) is 29.3 Å². The number of hydrogen-bond acceptors (Lipinski definition) is 4. The number of rotatable bonds is 4. The SMILES string of the molecule is C[C@@H]1C[C@H](C)CN(Cc2nc3ccc(NC(=O)c4ccc5c(cnn5C)c4)cc3[nH]2)C1. The van der Waals surface area contributed by atoms with E-state index in [1.165, 1.54) is 6.42 Å². The lowest BCUT2D eigenvalue weighted by molar-refractivity contribution is 0.102. The van der Waals surface area contributed by atoms with Gasteiger partial charge in [0.15, 0.2) is 0 Å². The summed E-state index contributed by atoms with van der Waals surface area (Å²) in [7, 11) is 1.89. The van der Waals surface area contributed by atoms with Crippen molar-refractivity contribution in [2.45, 2.75) is 26.8 Å². The van der Waals surface area contributed by atoms with E-state index in [0.29, 0.717) is 5.56 Å². The fourth-order valence-electron chi connectivity index (χ4n) is 4.86. The maximum atomic E-state index is 12.8. The highest BCUT2D eigenvalue weighted by atomic mass is 16.1. The van der Waals surface area contributed by atoms with Gasteiger partial charge < -0.3 is 10.3 Å². The van der Waals surface area contributed by atoms with Crippen LogP contribution >= 0.6 is 0 Å². The molecule has 2 aromatic carbocycles. The number of hydrogen-bond donors (Lipinski definition) is 2. The molecule has 1 saturated heterocycles. The smallest absolute Gasteiger partial charge is 0.255 e. The lowest BCUT2D eigenvalue weighted by atomic mass is 9.92. The van der Waals surface area contributed by atoms with Crippen LogP contribution in [0.5, 0.6) is 0 Å². The zero-order chi connectivity index (χ0) is 21.5. The topological polar surface area (TPSA) is 78.8 Å². The first-order valence-electron chi connectivity index (χ1n) is 10.9. The first-order valence-corrected chi connectivity index (χ1v) is 10.9. The minimum Gasteiger partial charge on any atom is -0.341 e. The molecule has 1 amide bonds. The minimum absolute atomic E-state index is 0.138. The number of anilines is 1. The Morgan fingerprint density at radius 1 is 1.16 bits per heavy atom. The molecule has 1 aliphatic rings. The Morgan fingerprint density at radius 2 is 1.97 bits per heavy atom. The molecular weight excluding hydrogens is 388 g/mol. The summed E-state index contributed by atoms with van der Waals surface area (Å²) in [4.78, 5) is 23.4. The van der Waals surface area contributed by atoms with Crippen molar-refractivity contribution in [2.24, 2.45) is 18.9 Å². The van der Waals surface area contributed by atoms with Crippen molar-refractivity contribution >= 4 is 33.5 Å². The summed E-state index contributed by atoms with van der Waals surface area (Å²) in [6, 6.07) is 11.4. The molecule has 160 valence electrons. The Labute approximate surface area is 181 Å². The van der Waals surface area contributed by atoms with Crippen LogP contribution in [0, 0.1) is 11.8 Å². The fourth-order valence-corrected chi connectivity index (χ4v) is 4.86. The number of carbonyl (C=O) groups is 1. The predicted molar refractivity (Wildman–Crippen MR) is 123 cm³/mol. The highest BCUT2D eigenvalue weighted by Crippen LogP contribution is 2.24. The first kappa shape index (κ1) is 19.8. The van der Waals surface area contributed by atoms with Crippen molar-refractivity contribution in [3.63, 3.8) is 0 Å². The number of amides is 1. The Hall–Kier alpha value is -3.19. The van der Waals surface area contributed by atoms with E-state index in [4.69, 9.17) is 4.98 Å². The second kappa shape index (κ2) is 7.81. The van der Waals surface area contributed by atoms with Crippen LogP contribution in [0.4, 0.5) is 5.69 Å². The molecule has 0 radical (unpaired) electrons. The largest absolute Gasteiger partial charge is 0.341 e. The van der Waals surface area contributed by atoms with E-state index in [-0.39, 0.29) is 5.91 Å². The molecule has 4 aromatic rings. The summed E-state index contributed by atoms with van der Waals surface area (Å²) >= 11 is 0. The van der Waals surface area contributed by atoms with E-state index in [1.807, 2.05) is 43.4 Å². The number of piperidine rings is 1. The molecule has 2 N–H and O–H groups in total. The van der Waals surface area contributed by atoms with Gasteiger partial charge in [-0.25, -0.2) is 4.98 Å². The number of imidazole rings is 1. The number of nitrogens with zero attached hydrogens (tertiary/aromatic N) is 4. The summed E-state index contributed by atoms with van der Waals surface area (Å²) in [5.41, 5.74) is 4.22. The van der Waals surface area contributed by atoms with Crippen LogP contribution in [0.1, 0.15) is 36.5 Å². The fraction of sp³-hybridized carbons (Fsp3) is 0.375. The lowest BCUT2D eigenvalue weighted by Gasteiger charge is -2.34. The molecule has 0 spiro atoms. The predicted octanol–water partition coefficient (Wildman–Crippen LogP) is 4.18. The molecule has 0 aliphatic carbocycles. The summed E-state index contributed by atoms with van der Waals surface area (Å²) < 4.78 is 1.80. The Morgan fingerprint density at radius 3 is 2.77 bits per heavy atom. The number of benzene rings is 2. The van der Waals surface area contributed by atoms with Crippen LogP contribution in [0.15, 0.2) is 42.6 Å². The summed E-state index contributed by atoms with van der Waals surface area (Å²) in [5.74, 6) is 2.28. The molecule has 0 bridgehead atoms. The van der Waals surface area contributed by atoms with Crippen LogP contribution in [-0.2, 0) is 13.6 Å². The quantitative estimate of drug-likeness (QED) is 0.523. The number of carbonyl (C=O) groups excluding carboxylic acids is 1. The maximum Gasteiger partial charge on any atom is 0.255 e. The Bertz CT molecular complexity index is 1250. The average molecular weight is 417 g/mol. The summed E-state index contributed by atoms with van der Waals surface area (Å²) in [6.07, 6.45) is 3.07. The molecule has 0 saturated carbocycles. The number of aromatic amines is 1. The van der Waals surface area contributed by atoms with Crippen LogP contribution in [0.2, 0.25) is 0 Å². The first-order chi connectivity index (χ1) is 14.9. The van der Waals surface area contributed by atoms with Gasteiger partial charge in [-0.3, -0.25) is 14.4 Å². The standard InChI is InChI=1S/C24H28N6O/c1-15-8-16(2)13-30(12-15)14-23-27-20-6-5-19(10-21(20)28-23)26-24(31)17-4-7-22-18(9-17)11-25-29(22)3/h4-7,9-11,15-16H,8,12-14H2,1-3H3,(H,26,31)(H,27,28)/t15-,16+. The second-order valence-corrected chi connectivity index (χ2v) is 9.05. The summed E-state index contributed by atoms with van der Waals surface area (Å²) in [5, 5.41) is 8.19. The van der Waals surface area contributed by atoms with E-state index in [0.717, 1.165) is 64.9 Å². The van der Waals surface area contributed by atoms with Crippen molar-refractivity contribution in [3.05, 3.63) is 54.0 Å². The van der Waals surface area contributed by atoms with E-state index in [1.54, 1.807) is 10.9 Å². The van der Waals surface area contributed by atoms with Gasteiger partial charge in [-0.1, -0.05) is 13.8 Å². The molecule has 2 atom stereocenters. The van der Waals surface area contributed by atoms with Gasteiger partial charge >= 0.3 is 0 Å². The van der Waals surface area contributed by atoms with Gasteiger partial charge in [-0.15, -0.1) is 0 Å². The molecule has 7 heteroatoms. The zero-order valence-electron chi connectivity index (χ0n) is 18.2. The van der Waals surface area contributed by atoms with Gasteiger partial charge in [0.1, 0.15) is 5.82 Å². The third kappa shape index (κ3) is 4.05. The number of aryl methyl sites for hydroxylation is 1. The maximum absolute atomic E-state index is 12.8. The molecular formula is C24H28N6O. The van der Waals surface area contributed by atoms with E-state index >= 15 is 0 Å². The molecule has 0 unspecified atom stereocenters. The molecule has 3 heterocycles. The highest BCUT2D eigenvalue weighted by molar-refractivity contribution is 6.06. The van der Waals surface area contributed by atoms with Crippen molar-refractivity contribution in [1.82, 2.24) is 24.6 Å². The van der Waals surface area contributed by atoms with Crippen LogP contribution in [0.3, 0.4) is 0 Å². The van der Waals surface area contributed by atoms with Crippen molar-refractivity contribution in [2.75, 3.05) is 18.4 Å². The number of likely N-dealkylation sites (tertiary alicyclic amines) is 1. The molecule has 1 fully saturated rings. The van der Waals surface area contributed by atoms with Crippen LogP contribution in [-0.4, -0.2) is 43.6 Å². The minimum atomic E-state index is -0.138. The van der Waals surface area contributed by atoms with Gasteiger partial charge in [0, 0.05) is 36.8 Å². The zero-order valence-corrected chi connectivity index (χ0v) is 18.2. The van der Waals surface area contributed by atoms with E-state index in [9.17, 15) is 4.79 Å². The molecule has 7 nitrogen and oxygen atoms in total.